The van der Waals surface area contributed by atoms with E-state index in [-0.39, 0.29) is 23.9 Å². The van der Waals surface area contributed by atoms with E-state index in [9.17, 15) is 19.2 Å². The standard InChI is InChI=1S/C20H18N2O5/c1-3-17(23)12-4-7-14(8-5-12)27-11-18(24)21-13-6-9-15-16(10-13)20(26)22(2)19(15)25/h4-10H,3,11H2,1-2H3,(H,21,24). The Balaban J connectivity index is 1.60. The topological polar surface area (TPSA) is 92.8 Å². The number of Topliss-reactive ketones (excluding diaryl/α,β-unsaturated/α-hetero) is 1. The summed E-state index contributed by atoms with van der Waals surface area (Å²) >= 11 is 0. The van der Waals surface area contributed by atoms with Gasteiger partial charge in [0.2, 0.25) is 0 Å². The average Bonchev–Trinajstić information content (AvgIpc) is 2.90. The van der Waals surface area contributed by atoms with Crippen LogP contribution >= 0.6 is 0 Å². The molecule has 0 aromatic heterocycles. The number of anilines is 1. The summed E-state index contributed by atoms with van der Waals surface area (Å²) in [6.45, 7) is 1.56. The summed E-state index contributed by atoms with van der Waals surface area (Å²) in [6.07, 6.45) is 0.424. The van der Waals surface area contributed by atoms with Gasteiger partial charge in [-0.1, -0.05) is 6.92 Å². The third-order valence-electron chi connectivity index (χ3n) is 4.24. The molecule has 7 heteroatoms. The van der Waals surface area contributed by atoms with E-state index in [0.717, 1.165) is 4.90 Å². The molecule has 0 saturated heterocycles. The number of hydrogen-bond donors (Lipinski definition) is 1. The minimum Gasteiger partial charge on any atom is -0.484 e. The lowest BCUT2D eigenvalue weighted by Crippen LogP contribution is -2.24. The Kier molecular flexibility index (Phi) is 5.03. The molecule has 0 fully saturated rings. The number of amides is 3. The summed E-state index contributed by atoms with van der Waals surface area (Å²) in [5.74, 6) is -0.664. The number of nitrogens with zero attached hydrogens (tertiary/aromatic N) is 1. The average molecular weight is 366 g/mol. The van der Waals surface area contributed by atoms with Crippen LogP contribution in [0, 0.1) is 0 Å². The SMILES string of the molecule is CCC(=O)c1ccc(OCC(=O)Nc2ccc3c(c2)C(=O)N(C)C3=O)cc1. The maximum absolute atomic E-state index is 12.1. The molecule has 0 spiro atoms. The molecule has 0 bridgehead atoms. The summed E-state index contributed by atoms with van der Waals surface area (Å²) in [6, 6.07) is 11.1. The van der Waals surface area contributed by atoms with Gasteiger partial charge in [0, 0.05) is 24.7 Å². The number of benzene rings is 2. The molecule has 27 heavy (non-hydrogen) atoms. The Morgan fingerprint density at radius 3 is 2.33 bits per heavy atom. The number of rotatable bonds is 6. The van der Waals surface area contributed by atoms with Gasteiger partial charge in [-0.2, -0.15) is 0 Å². The molecule has 0 unspecified atom stereocenters. The van der Waals surface area contributed by atoms with Crippen LogP contribution in [0.1, 0.15) is 44.4 Å². The fraction of sp³-hybridized carbons (Fsp3) is 0.200. The summed E-state index contributed by atoms with van der Waals surface area (Å²) in [7, 11) is 1.41. The number of fused-ring (bicyclic) bond motifs is 1. The van der Waals surface area contributed by atoms with E-state index in [0.29, 0.717) is 29.0 Å². The van der Waals surface area contributed by atoms with Gasteiger partial charge in [0.15, 0.2) is 12.4 Å². The van der Waals surface area contributed by atoms with Crippen molar-refractivity contribution in [1.29, 1.82) is 0 Å². The van der Waals surface area contributed by atoms with Crippen LogP contribution in [0.5, 0.6) is 5.75 Å². The largest absolute Gasteiger partial charge is 0.484 e. The summed E-state index contributed by atoms with van der Waals surface area (Å²) < 4.78 is 5.40. The first-order valence-corrected chi connectivity index (χ1v) is 8.43. The Hall–Kier alpha value is -3.48. The van der Waals surface area contributed by atoms with Crippen LogP contribution in [0.3, 0.4) is 0 Å². The maximum atomic E-state index is 12.1. The molecule has 0 saturated carbocycles. The minimum absolute atomic E-state index is 0.0366. The Labute approximate surface area is 155 Å². The smallest absolute Gasteiger partial charge is 0.262 e. The third-order valence-corrected chi connectivity index (χ3v) is 4.24. The molecule has 3 rings (SSSR count). The van der Waals surface area contributed by atoms with Gasteiger partial charge in [0.25, 0.3) is 17.7 Å². The highest BCUT2D eigenvalue weighted by atomic mass is 16.5. The first-order chi connectivity index (χ1) is 12.9. The monoisotopic (exact) mass is 366 g/mol. The molecule has 1 heterocycles. The van der Waals surface area contributed by atoms with Crippen LogP contribution in [0.4, 0.5) is 5.69 Å². The normalized spacial score (nSPS) is 12.7. The summed E-state index contributed by atoms with van der Waals surface area (Å²) in [5, 5.41) is 2.63. The fourth-order valence-electron chi connectivity index (χ4n) is 2.73. The number of ether oxygens (including phenoxy) is 1. The zero-order valence-corrected chi connectivity index (χ0v) is 14.9. The maximum Gasteiger partial charge on any atom is 0.262 e. The molecule has 0 aliphatic carbocycles. The van der Waals surface area contributed by atoms with Crippen LogP contribution in [0.15, 0.2) is 42.5 Å². The lowest BCUT2D eigenvalue weighted by molar-refractivity contribution is -0.118. The Morgan fingerprint density at radius 2 is 1.67 bits per heavy atom. The van der Waals surface area contributed by atoms with E-state index in [2.05, 4.69) is 5.32 Å². The van der Waals surface area contributed by atoms with Crippen molar-refractivity contribution in [2.75, 3.05) is 19.0 Å². The highest BCUT2D eigenvalue weighted by Crippen LogP contribution is 2.24. The predicted molar refractivity (Wildman–Crippen MR) is 98.1 cm³/mol. The first kappa shape index (κ1) is 18.3. The molecule has 1 aliphatic rings. The Bertz CT molecular complexity index is 934. The van der Waals surface area contributed by atoms with Gasteiger partial charge in [0.1, 0.15) is 5.75 Å². The van der Waals surface area contributed by atoms with Crippen LogP contribution < -0.4 is 10.1 Å². The van der Waals surface area contributed by atoms with Crippen molar-refractivity contribution in [2.24, 2.45) is 0 Å². The van der Waals surface area contributed by atoms with Crippen molar-refractivity contribution >= 4 is 29.2 Å². The summed E-state index contributed by atoms with van der Waals surface area (Å²) in [5.41, 5.74) is 1.58. The second-order valence-electron chi connectivity index (χ2n) is 6.07. The number of ketones is 1. The quantitative estimate of drug-likeness (QED) is 0.626. The van der Waals surface area contributed by atoms with Crippen molar-refractivity contribution < 1.29 is 23.9 Å². The van der Waals surface area contributed by atoms with Crippen molar-refractivity contribution in [3.05, 3.63) is 59.2 Å². The lowest BCUT2D eigenvalue weighted by Gasteiger charge is -2.08. The second-order valence-corrected chi connectivity index (χ2v) is 6.07. The Morgan fingerprint density at radius 1 is 1.00 bits per heavy atom. The van der Waals surface area contributed by atoms with Gasteiger partial charge < -0.3 is 10.1 Å². The number of nitrogens with one attached hydrogen (secondary N) is 1. The lowest BCUT2D eigenvalue weighted by atomic mass is 10.1. The molecular formula is C20H18N2O5. The van der Waals surface area contributed by atoms with E-state index >= 15 is 0 Å². The molecule has 1 aliphatic heterocycles. The number of imide groups is 1. The van der Waals surface area contributed by atoms with E-state index in [1.54, 1.807) is 37.3 Å². The number of carbonyl (C=O) groups excluding carboxylic acids is 4. The molecule has 7 nitrogen and oxygen atoms in total. The van der Waals surface area contributed by atoms with Gasteiger partial charge in [-0.15, -0.1) is 0 Å². The fourth-order valence-corrected chi connectivity index (χ4v) is 2.73. The van der Waals surface area contributed by atoms with Gasteiger partial charge in [-0.05, 0) is 42.5 Å². The van der Waals surface area contributed by atoms with Crippen molar-refractivity contribution in [3.8, 4) is 5.75 Å². The molecule has 2 aromatic carbocycles. The van der Waals surface area contributed by atoms with Gasteiger partial charge in [0.05, 0.1) is 11.1 Å². The molecule has 138 valence electrons. The van der Waals surface area contributed by atoms with Crippen LogP contribution in [0.25, 0.3) is 0 Å². The van der Waals surface area contributed by atoms with E-state index in [1.807, 2.05) is 0 Å². The van der Waals surface area contributed by atoms with E-state index in [4.69, 9.17) is 4.74 Å². The van der Waals surface area contributed by atoms with E-state index < -0.39 is 11.8 Å². The highest BCUT2D eigenvalue weighted by molar-refractivity contribution is 6.21. The van der Waals surface area contributed by atoms with Gasteiger partial charge in [-0.25, -0.2) is 0 Å². The molecule has 1 N–H and O–H groups in total. The minimum atomic E-state index is -0.409. The number of hydrogen-bond acceptors (Lipinski definition) is 5. The predicted octanol–water partition coefficient (Wildman–Crippen LogP) is 2.52. The van der Waals surface area contributed by atoms with Gasteiger partial charge >= 0.3 is 0 Å². The zero-order valence-electron chi connectivity index (χ0n) is 14.9. The third kappa shape index (κ3) is 3.72. The van der Waals surface area contributed by atoms with Crippen LogP contribution in [-0.4, -0.2) is 42.1 Å². The molecule has 0 radical (unpaired) electrons. The molecule has 0 atom stereocenters. The van der Waals surface area contributed by atoms with Crippen molar-refractivity contribution in [1.82, 2.24) is 4.90 Å². The summed E-state index contributed by atoms with van der Waals surface area (Å²) in [4.78, 5) is 48.5. The molecular weight excluding hydrogens is 348 g/mol. The van der Waals surface area contributed by atoms with Crippen LogP contribution in [-0.2, 0) is 4.79 Å². The van der Waals surface area contributed by atoms with Crippen molar-refractivity contribution in [2.45, 2.75) is 13.3 Å². The van der Waals surface area contributed by atoms with Crippen molar-refractivity contribution in [3.63, 3.8) is 0 Å². The molecule has 2 aromatic rings. The van der Waals surface area contributed by atoms with Gasteiger partial charge in [-0.3, -0.25) is 24.1 Å². The molecule has 3 amide bonds. The second kappa shape index (κ2) is 7.41. The van der Waals surface area contributed by atoms with Crippen LogP contribution in [0.2, 0.25) is 0 Å². The first-order valence-electron chi connectivity index (χ1n) is 8.43. The number of carbonyl (C=O) groups is 4. The zero-order chi connectivity index (χ0) is 19.6. The highest BCUT2D eigenvalue weighted by Gasteiger charge is 2.32. The van der Waals surface area contributed by atoms with E-state index in [1.165, 1.54) is 19.2 Å².